The summed E-state index contributed by atoms with van der Waals surface area (Å²) in [5, 5.41) is 12.6. The van der Waals surface area contributed by atoms with E-state index in [0.717, 1.165) is 28.4 Å². The average molecular weight is 359 g/mol. The molecular weight excluding hydrogens is 338 g/mol. The quantitative estimate of drug-likeness (QED) is 0.524. The smallest absolute Gasteiger partial charge is 0.178 e. The minimum absolute atomic E-state index is 0.120. The molecule has 1 unspecified atom stereocenters. The monoisotopic (exact) mass is 359 g/mol. The Kier molecular flexibility index (Phi) is 4.80. The van der Waals surface area contributed by atoms with Crippen LogP contribution in [0.5, 0.6) is 0 Å². The fraction of sp³-hybridized carbons (Fsp3) is 0.190. The van der Waals surface area contributed by atoms with Gasteiger partial charge in [0.05, 0.1) is 24.5 Å². The first-order valence-electron chi connectivity index (χ1n) is 8.86. The van der Waals surface area contributed by atoms with E-state index in [9.17, 15) is 0 Å². The molecule has 0 amide bonds. The van der Waals surface area contributed by atoms with Crippen LogP contribution < -0.4 is 0 Å². The third-order valence-electron chi connectivity index (χ3n) is 4.62. The molecule has 0 aliphatic heterocycles. The number of benzene rings is 2. The van der Waals surface area contributed by atoms with E-state index in [0.29, 0.717) is 6.54 Å². The molecule has 136 valence electrons. The average Bonchev–Trinajstić information content (AvgIpc) is 3.36. The molecule has 0 bridgehead atoms. The summed E-state index contributed by atoms with van der Waals surface area (Å²) in [6.07, 6.45) is 1.69. The van der Waals surface area contributed by atoms with Crippen LogP contribution in [0.3, 0.4) is 0 Å². The molecular formula is C21H21N5O. The highest BCUT2D eigenvalue weighted by atomic mass is 16.3. The topological polar surface area (TPSA) is 60.0 Å². The van der Waals surface area contributed by atoms with Crippen LogP contribution in [-0.4, -0.2) is 32.2 Å². The molecule has 27 heavy (non-hydrogen) atoms. The summed E-state index contributed by atoms with van der Waals surface area (Å²) in [5.74, 6) is 1.66. The Hall–Kier alpha value is -3.25. The highest BCUT2D eigenvalue weighted by Crippen LogP contribution is 2.29. The molecule has 0 N–H and O–H groups in total. The van der Waals surface area contributed by atoms with E-state index in [2.05, 4.69) is 52.6 Å². The zero-order chi connectivity index (χ0) is 18.6. The molecule has 0 radical (unpaired) electrons. The van der Waals surface area contributed by atoms with Crippen LogP contribution in [0.25, 0.3) is 5.69 Å². The highest BCUT2D eigenvalue weighted by molar-refractivity contribution is 5.40. The second-order valence-corrected chi connectivity index (χ2v) is 6.54. The predicted octanol–water partition coefficient (Wildman–Crippen LogP) is 3.79. The Balaban J connectivity index is 1.78. The van der Waals surface area contributed by atoms with Crippen molar-refractivity contribution in [2.45, 2.75) is 19.5 Å². The summed E-state index contributed by atoms with van der Waals surface area (Å²) in [6.45, 7) is 2.71. The first-order chi connectivity index (χ1) is 13.2. The summed E-state index contributed by atoms with van der Waals surface area (Å²) in [4.78, 5) is 2.19. The van der Waals surface area contributed by atoms with Gasteiger partial charge in [-0.25, -0.2) is 0 Å². The molecule has 2 aromatic heterocycles. The number of hydrogen-bond donors (Lipinski definition) is 0. The van der Waals surface area contributed by atoms with Gasteiger partial charge in [-0.05, 0) is 53.7 Å². The van der Waals surface area contributed by atoms with E-state index in [-0.39, 0.29) is 6.04 Å². The van der Waals surface area contributed by atoms with Crippen LogP contribution in [0.15, 0.2) is 77.4 Å². The van der Waals surface area contributed by atoms with Crippen LogP contribution in [0.4, 0.5) is 0 Å². The molecule has 4 rings (SSSR count). The van der Waals surface area contributed by atoms with Gasteiger partial charge in [-0.3, -0.25) is 4.90 Å². The lowest BCUT2D eigenvalue weighted by Crippen LogP contribution is -2.28. The van der Waals surface area contributed by atoms with E-state index in [1.54, 1.807) is 6.26 Å². The molecule has 6 nitrogen and oxygen atoms in total. The summed E-state index contributed by atoms with van der Waals surface area (Å²) in [5.41, 5.74) is 3.22. The van der Waals surface area contributed by atoms with Crippen LogP contribution in [0.2, 0.25) is 0 Å². The van der Waals surface area contributed by atoms with Gasteiger partial charge in [-0.2, -0.15) is 4.68 Å². The Morgan fingerprint density at radius 1 is 1.00 bits per heavy atom. The minimum atomic E-state index is -0.120. The first kappa shape index (κ1) is 17.2. The molecule has 6 heteroatoms. The molecule has 0 aliphatic carbocycles. The van der Waals surface area contributed by atoms with E-state index in [4.69, 9.17) is 4.42 Å². The molecule has 0 spiro atoms. The Labute approximate surface area is 158 Å². The number of aromatic nitrogens is 4. The number of aryl methyl sites for hydroxylation is 1. The van der Waals surface area contributed by atoms with E-state index in [1.807, 2.05) is 53.2 Å². The van der Waals surface area contributed by atoms with Crippen LogP contribution in [0, 0.1) is 6.92 Å². The van der Waals surface area contributed by atoms with E-state index < -0.39 is 0 Å². The number of hydrogen-bond acceptors (Lipinski definition) is 5. The van der Waals surface area contributed by atoms with Crippen LogP contribution in [0.1, 0.15) is 28.8 Å². The predicted molar refractivity (Wildman–Crippen MR) is 102 cm³/mol. The maximum absolute atomic E-state index is 5.54. The third kappa shape index (κ3) is 3.52. The lowest BCUT2D eigenvalue weighted by Gasteiger charge is -2.27. The van der Waals surface area contributed by atoms with Crippen molar-refractivity contribution in [1.82, 2.24) is 25.1 Å². The van der Waals surface area contributed by atoms with Gasteiger partial charge in [0.1, 0.15) is 5.76 Å². The van der Waals surface area contributed by atoms with Gasteiger partial charge >= 0.3 is 0 Å². The van der Waals surface area contributed by atoms with Crippen molar-refractivity contribution < 1.29 is 4.42 Å². The van der Waals surface area contributed by atoms with Gasteiger partial charge in [0, 0.05) is 0 Å². The number of tetrazole rings is 1. The van der Waals surface area contributed by atoms with Crippen LogP contribution >= 0.6 is 0 Å². The lowest BCUT2D eigenvalue weighted by molar-refractivity contribution is 0.237. The molecule has 0 aliphatic rings. The standard InChI is InChI=1S/C21H21N5O/c1-16-9-6-7-13-19(16)26-21(22-23-24-26)20(17-10-4-3-5-11-17)25(2)15-18-12-8-14-27-18/h3-14,20H,15H2,1-2H3. The summed E-state index contributed by atoms with van der Waals surface area (Å²) in [7, 11) is 2.05. The Bertz CT molecular complexity index is 994. The molecule has 4 aromatic rings. The van der Waals surface area contributed by atoms with Gasteiger partial charge in [0.2, 0.25) is 0 Å². The van der Waals surface area contributed by atoms with Crippen molar-refractivity contribution in [3.05, 3.63) is 95.7 Å². The molecule has 0 saturated carbocycles. The number of rotatable bonds is 6. The number of para-hydroxylation sites is 1. The SMILES string of the molecule is Cc1ccccc1-n1nnnc1C(c1ccccc1)N(C)Cc1ccco1. The molecule has 0 fully saturated rings. The van der Waals surface area contributed by atoms with Crippen molar-refractivity contribution in [2.75, 3.05) is 7.05 Å². The largest absolute Gasteiger partial charge is 0.468 e. The van der Waals surface area contributed by atoms with Gasteiger partial charge < -0.3 is 4.42 Å². The fourth-order valence-corrected chi connectivity index (χ4v) is 3.31. The molecule has 1 atom stereocenters. The normalized spacial score (nSPS) is 12.4. The maximum Gasteiger partial charge on any atom is 0.178 e. The Morgan fingerprint density at radius 2 is 1.78 bits per heavy atom. The number of furan rings is 1. The summed E-state index contributed by atoms with van der Waals surface area (Å²) >= 11 is 0. The van der Waals surface area contributed by atoms with Crippen LogP contribution in [-0.2, 0) is 6.54 Å². The molecule has 2 aromatic carbocycles. The molecule has 2 heterocycles. The second kappa shape index (κ2) is 7.55. The fourth-order valence-electron chi connectivity index (χ4n) is 3.31. The van der Waals surface area contributed by atoms with Crippen molar-refractivity contribution in [3.8, 4) is 5.69 Å². The second-order valence-electron chi connectivity index (χ2n) is 6.54. The van der Waals surface area contributed by atoms with Crippen molar-refractivity contribution >= 4 is 0 Å². The zero-order valence-corrected chi connectivity index (χ0v) is 15.4. The lowest BCUT2D eigenvalue weighted by atomic mass is 10.0. The van der Waals surface area contributed by atoms with E-state index >= 15 is 0 Å². The van der Waals surface area contributed by atoms with Gasteiger partial charge in [-0.15, -0.1) is 5.10 Å². The van der Waals surface area contributed by atoms with Crippen molar-refractivity contribution in [2.24, 2.45) is 0 Å². The zero-order valence-electron chi connectivity index (χ0n) is 15.4. The Morgan fingerprint density at radius 3 is 2.52 bits per heavy atom. The van der Waals surface area contributed by atoms with Crippen molar-refractivity contribution in [3.63, 3.8) is 0 Å². The number of nitrogens with zero attached hydrogens (tertiary/aromatic N) is 5. The highest BCUT2D eigenvalue weighted by Gasteiger charge is 2.27. The van der Waals surface area contributed by atoms with Crippen molar-refractivity contribution in [1.29, 1.82) is 0 Å². The van der Waals surface area contributed by atoms with Gasteiger partial charge in [-0.1, -0.05) is 48.5 Å². The summed E-state index contributed by atoms with van der Waals surface area (Å²) < 4.78 is 7.37. The minimum Gasteiger partial charge on any atom is -0.468 e. The first-order valence-corrected chi connectivity index (χ1v) is 8.86. The van der Waals surface area contributed by atoms with Gasteiger partial charge in [0.25, 0.3) is 0 Å². The third-order valence-corrected chi connectivity index (χ3v) is 4.62. The summed E-state index contributed by atoms with van der Waals surface area (Å²) in [6, 6.07) is 22.1. The maximum atomic E-state index is 5.54. The van der Waals surface area contributed by atoms with E-state index in [1.165, 1.54) is 0 Å². The molecule has 0 saturated heterocycles. The van der Waals surface area contributed by atoms with Gasteiger partial charge in [0.15, 0.2) is 5.82 Å².